The second kappa shape index (κ2) is 3.91. The Morgan fingerprint density at radius 1 is 0.882 bits per heavy atom. The lowest BCUT2D eigenvalue weighted by Crippen LogP contribution is -1.85. The number of nitrogen functional groups attached to an aromatic ring is 1. The Bertz CT molecular complexity index is 652. The van der Waals surface area contributed by atoms with E-state index in [0.29, 0.717) is 0 Å². The second-order valence-electron chi connectivity index (χ2n) is 4.02. The van der Waals surface area contributed by atoms with Crippen LogP contribution in [0, 0.1) is 0 Å². The van der Waals surface area contributed by atoms with E-state index < -0.39 is 0 Å². The SMILES string of the molecule is Nc1ccc(-c2cccc3ccncc23)cc1. The molecule has 3 aromatic rings. The van der Waals surface area contributed by atoms with Crippen LogP contribution in [0.1, 0.15) is 0 Å². The second-order valence-corrected chi connectivity index (χ2v) is 4.02. The Morgan fingerprint density at radius 3 is 2.53 bits per heavy atom. The van der Waals surface area contributed by atoms with Crippen molar-refractivity contribution in [1.82, 2.24) is 4.98 Å². The predicted octanol–water partition coefficient (Wildman–Crippen LogP) is 3.48. The number of pyridine rings is 1. The summed E-state index contributed by atoms with van der Waals surface area (Å²) in [6, 6.07) is 16.2. The van der Waals surface area contributed by atoms with Gasteiger partial charge >= 0.3 is 0 Å². The first-order valence-corrected chi connectivity index (χ1v) is 5.53. The number of nitrogens with two attached hydrogens (primary N) is 1. The molecule has 0 unspecified atom stereocenters. The lowest BCUT2D eigenvalue weighted by atomic mass is 10.00. The summed E-state index contributed by atoms with van der Waals surface area (Å²) in [4.78, 5) is 4.19. The lowest BCUT2D eigenvalue weighted by molar-refractivity contribution is 1.36. The van der Waals surface area contributed by atoms with Gasteiger partial charge in [-0.05, 0) is 34.7 Å². The molecule has 2 heteroatoms. The number of hydrogen-bond acceptors (Lipinski definition) is 2. The molecular formula is C15H12N2. The van der Waals surface area contributed by atoms with Crippen molar-refractivity contribution < 1.29 is 0 Å². The Kier molecular flexibility index (Phi) is 2.26. The summed E-state index contributed by atoms with van der Waals surface area (Å²) < 4.78 is 0. The highest BCUT2D eigenvalue weighted by atomic mass is 14.6. The summed E-state index contributed by atoms with van der Waals surface area (Å²) in [5.41, 5.74) is 8.84. The molecule has 0 aliphatic rings. The molecule has 0 radical (unpaired) electrons. The van der Waals surface area contributed by atoms with Crippen molar-refractivity contribution >= 4 is 16.5 Å². The van der Waals surface area contributed by atoms with Gasteiger partial charge in [0.2, 0.25) is 0 Å². The zero-order valence-corrected chi connectivity index (χ0v) is 9.30. The highest BCUT2D eigenvalue weighted by Gasteiger charge is 2.02. The smallest absolute Gasteiger partial charge is 0.0352 e. The maximum atomic E-state index is 5.71. The highest BCUT2D eigenvalue weighted by Crippen LogP contribution is 2.28. The topological polar surface area (TPSA) is 38.9 Å². The minimum Gasteiger partial charge on any atom is -0.399 e. The normalized spacial score (nSPS) is 10.6. The zero-order chi connectivity index (χ0) is 11.7. The Morgan fingerprint density at radius 2 is 1.71 bits per heavy atom. The molecule has 2 aromatic carbocycles. The molecule has 1 aromatic heterocycles. The molecule has 1 heterocycles. The van der Waals surface area contributed by atoms with Gasteiger partial charge in [-0.25, -0.2) is 0 Å². The number of aromatic nitrogens is 1. The van der Waals surface area contributed by atoms with E-state index in [2.05, 4.69) is 23.2 Å². The largest absolute Gasteiger partial charge is 0.399 e. The van der Waals surface area contributed by atoms with Crippen LogP contribution < -0.4 is 5.73 Å². The first kappa shape index (κ1) is 9.85. The van der Waals surface area contributed by atoms with E-state index in [1.807, 2.05) is 42.7 Å². The number of fused-ring (bicyclic) bond motifs is 1. The molecule has 0 saturated carbocycles. The van der Waals surface area contributed by atoms with Crippen molar-refractivity contribution in [3.05, 3.63) is 60.9 Å². The third kappa shape index (κ3) is 1.74. The zero-order valence-electron chi connectivity index (χ0n) is 9.30. The molecule has 17 heavy (non-hydrogen) atoms. The molecule has 0 aliphatic carbocycles. The summed E-state index contributed by atoms with van der Waals surface area (Å²) >= 11 is 0. The third-order valence-corrected chi connectivity index (χ3v) is 2.91. The maximum Gasteiger partial charge on any atom is 0.0352 e. The summed E-state index contributed by atoms with van der Waals surface area (Å²) in [5.74, 6) is 0. The molecule has 3 rings (SSSR count). The molecule has 0 bridgehead atoms. The van der Waals surface area contributed by atoms with E-state index in [1.165, 1.54) is 16.3 Å². The fourth-order valence-electron chi connectivity index (χ4n) is 2.03. The van der Waals surface area contributed by atoms with E-state index >= 15 is 0 Å². The molecule has 2 nitrogen and oxygen atoms in total. The molecule has 0 spiro atoms. The van der Waals surface area contributed by atoms with Gasteiger partial charge in [-0.2, -0.15) is 0 Å². The monoisotopic (exact) mass is 220 g/mol. The van der Waals surface area contributed by atoms with Gasteiger partial charge in [-0.3, -0.25) is 4.98 Å². The van der Waals surface area contributed by atoms with Crippen LogP contribution in [0.2, 0.25) is 0 Å². The van der Waals surface area contributed by atoms with E-state index in [4.69, 9.17) is 5.73 Å². The molecule has 0 saturated heterocycles. The quantitative estimate of drug-likeness (QED) is 0.637. The number of rotatable bonds is 1. The number of nitrogens with zero attached hydrogens (tertiary/aromatic N) is 1. The summed E-state index contributed by atoms with van der Waals surface area (Å²) in [6.45, 7) is 0. The molecule has 82 valence electrons. The molecule has 2 N–H and O–H groups in total. The van der Waals surface area contributed by atoms with Gasteiger partial charge in [0.05, 0.1) is 0 Å². The highest BCUT2D eigenvalue weighted by molar-refractivity contribution is 5.96. The van der Waals surface area contributed by atoms with E-state index in [-0.39, 0.29) is 0 Å². The van der Waals surface area contributed by atoms with E-state index in [1.54, 1.807) is 0 Å². The summed E-state index contributed by atoms with van der Waals surface area (Å²) in [7, 11) is 0. The average Bonchev–Trinajstić information content (AvgIpc) is 2.39. The minimum atomic E-state index is 0.784. The average molecular weight is 220 g/mol. The van der Waals surface area contributed by atoms with E-state index in [0.717, 1.165) is 11.3 Å². The van der Waals surface area contributed by atoms with E-state index in [9.17, 15) is 0 Å². The van der Waals surface area contributed by atoms with Crippen molar-refractivity contribution in [2.75, 3.05) is 5.73 Å². The van der Waals surface area contributed by atoms with Gasteiger partial charge in [0.15, 0.2) is 0 Å². The molecule has 0 aliphatic heterocycles. The number of anilines is 1. The minimum absolute atomic E-state index is 0.784. The Labute approximate surface area is 99.7 Å². The van der Waals surface area contributed by atoms with Crippen LogP contribution >= 0.6 is 0 Å². The van der Waals surface area contributed by atoms with Gasteiger partial charge in [0.25, 0.3) is 0 Å². The lowest BCUT2D eigenvalue weighted by Gasteiger charge is -2.06. The first-order valence-electron chi connectivity index (χ1n) is 5.53. The van der Waals surface area contributed by atoms with Crippen LogP contribution in [-0.2, 0) is 0 Å². The van der Waals surface area contributed by atoms with Crippen LogP contribution in [-0.4, -0.2) is 4.98 Å². The Hall–Kier alpha value is -2.35. The molecule has 0 fully saturated rings. The van der Waals surface area contributed by atoms with Crippen LogP contribution in [0.4, 0.5) is 5.69 Å². The predicted molar refractivity (Wildman–Crippen MR) is 71.6 cm³/mol. The molecule has 0 amide bonds. The van der Waals surface area contributed by atoms with Gasteiger partial charge in [-0.15, -0.1) is 0 Å². The summed E-state index contributed by atoms with van der Waals surface area (Å²) in [6.07, 6.45) is 3.72. The van der Waals surface area contributed by atoms with Crippen LogP contribution in [0.15, 0.2) is 60.9 Å². The fraction of sp³-hybridized carbons (Fsp3) is 0. The molecule has 0 atom stereocenters. The van der Waals surface area contributed by atoms with Crippen molar-refractivity contribution in [3.63, 3.8) is 0 Å². The fourth-order valence-corrected chi connectivity index (χ4v) is 2.03. The van der Waals surface area contributed by atoms with Gasteiger partial charge in [0.1, 0.15) is 0 Å². The van der Waals surface area contributed by atoms with Crippen LogP contribution in [0.3, 0.4) is 0 Å². The van der Waals surface area contributed by atoms with Gasteiger partial charge in [0, 0.05) is 23.5 Å². The van der Waals surface area contributed by atoms with Crippen molar-refractivity contribution in [2.45, 2.75) is 0 Å². The standard InChI is InChI=1S/C15H12N2/c16-13-6-4-12(5-7-13)14-3-1-2-11-8-9-17-10-15(11)14/h1-10H,16H2. The number of benzene rings is 2. The van der Waals surface area contributed by atoms with Gasteiger partial charge < -0.3 is 5.73 Å². The third-order valence-electron chi connectivity index (χ3n) is 2.91. The first-order chi connectivity index (χ1) is 8.34. The van der Waals surface area contributed by atoms with Crippen molar-refractivity contribution in [2.24, 2.45) is 0 Å². The van der Waals surface area contributed by atoms with Gasteiger partial charge in [-0.1, -0.05) is 30.3 Å². The Balaban J connectivity index is 2.27. The van der Waals surface area contributed by atoms with Crippen LogP contribution in [0.5, 0.6) is 0 Å². The maximum absolute atomic E-state index is 5.71. The number of hydrogen-bond donors (Lipinski definition) is 1. The van der Waals surface area contributed by atoms with Crippen LogP contribution in [0.25, 0.3) is 21.9 Å². The van der Waals surface area contributed by atoms with Crippen molar-refractivity contribution in [1.29, 1.82) is 0 Å². The van der Waals surface area contributed by atoms with Crippen molar-refractivity contribution in [3.8, 4) is 11.1 Å². The summed E-state index contributed by atoms with van der Waals surface area (Å²) in [5, 5.41) is 2.37. The molecular weight excluding hydrogens is 208 g/mol.